The second-order valence-corrected chi connectivity index (χ2v) is 8.11. The van der Waals surface area contributed by atoms with Gasteiger partial charge in [-0.1, -0.05) is 17.7 Å². The number of hydrogen-bond donors (Lipinski definition) is 1. The summed E-state index contributed by atoms with van der Waals surface area (Å²) in [6, 6.07) is 16.6. The summed E-state index contributed by atoms with van der Waals surface area (Å²) in [5, 5.41) is 3.22. The van der Waals surface area contributed by atoms with Gasteiger partial charge in [0.25, 0.3) is 5.91 Å². The van der Waals surface area contributed by atoms with Crippen LogP contribution in [0, 0.1) is 0 Å². The first-order chi connectivity index (χ1) is 15.1. The van der Waals surface area contributed by atoms with E-state index in [1.807, 2.05) is 47.1 Å². The number of aromatic nitrogens is 2. The molecule has 0 bridgehead atoms. The molecule has 1 amide bonds. The monoisotopic (exact) mass is 453 g/mol. The molecule has 4 aromatic rings. The molecule has 0 saturated heterocycles. The average Bonchev–Trinajstić information content (AvgIpc) is 3.21. The number of thioether (sulfide) groups is 1. The lowest BCUT2D eigenvalue weighted by Gasteiger charge is -2.13. The number of carbonyl (C=O) groups is 1. The molecule has 0 saturated carbocycles. The second kappa shape index (κ2) is 9.32. The van der Waals surface area contributed by atoms with E-state index in [9.17, 15) is 4.79 Å². The summed E-state index contributed by atoms with van der Waals surface area (Å²) >= 11 is 7.85. The Hall–Kier alpha value is -3.16. The van der Waals surface area contributed by atoms with Gasteiger partial charge in [-0.3, -0.25) is 4.79 Å². The van der Waals surface area contributed by atoms with Crippen LogP contribution in [0.4, 0.5) is 5.69 Å². The molecule has 2 heterocycles. The normalized spacial score (nSPS) is 10.8. The minimum atomic E-state index is -0.253. The number of rotatable bonds is 7. The van der Waals surface area contributed by atoms with Crippen LogP contribution in [0.5, 0.6) is 11.5 Å². The van der Waals surface area contributed by atoms with Gasteiger partial charge in [0.05, 0.1) is 30.6 Å². The fourth-order valence-corrected chi connectivity index (χ4v) is 4.09. The first kappa shape index (κ1) is 21.1. The van der Waals surface area contributed by atoms with E-state index in [1.165, 1.54) is 14.2 Å². The molecule has 8 heteroatoms. The third kappa shape index (κ3) is 4.78. The molecule has 1 N–H and O–H groups in total. The zero-order chi connectivity index (χ0) is 21.8. The van der Waals surface area contributed by atoms with Gasteiger partial charge in [0, 0.05) is 34.7 Å². The fraction of sp³-hybridized carbons (Fsp3) is 0.130. The van der Waals surface area contributed by atoms with E-state index < -0.39 is 0 Å². The Morgan fingerprint density at radius 1 is 1.10 bits per heavy atom. The average molecular weight is 454 g/mol. The quantitative estimate of drug-likeness (QED) is 0.372. The van der Waals surface area contributed by atoms with Gasteiger partial charge in [-0.2, -0.15) is 0 Å². The fourth-order valence-electron chi connectivity index (χ4n) is 3.07. The molecule has 0 radical (unpaired) electrons. The lowest BCUT2D eigenvalue weighted by atomic mass is 10.2. The van der Waals surface area contributed by atoms with Gasteiger partial charge in [-0.25, -0.2) is 4.98 Å². The van der Waals surface area contributed by atoms with Crippen molar-refractivity contribution in [1.29, 1.82) is 0 Å². The van der Waals surface area contributed by atoms with Gasteiger partial charge in [0.15, 0.2) is 0 Å². The molecule has 158 valence electrons. The molecule has 0 aliphatic carbocycles. The highest BCUT2D eigenvalue weighted by atomic mass is 35.5. The molecular formula is C23H20ClN3O3S. The first-order valence-corrected chi connectivity index (χ1v) is 10.8. The molecule has 31 heavy (non-hydrogen) atoms. The van der Waals surface area contributed by atoms with E-state index in [1.54, 1.807) is 36.0 Å². The van der Waals surface area contributed by atoms with E-state index in [-0.39, 0.29) is 5.91 Å². The molecule has 4 rings (SSSR count). The predicted octanol–water partition coefficient (Wildman–Crippen LogP) is 5.55. The number of halogens is 1. The minimum absolute atomic E-state index is 0.253. The summed E-state index contributed by atoms with van der Waals surface area (Å²) in [7, 11) is 3.04. The van der Waals surface area contributed by atoms with Crippen LogP contribution in [0.3, 0.4) is 0 Å². The Balaban J connectivity index is 1.41. The number of methoxy groups -OCH3 is 2. The number of anilines is 1. The van der Waals surface area contributed by atoms with Crippen molar-refractivity contribution < 1.29 is 14.3 Å². The molecular weight excluding hydrogens is 434 g/mol. The van der Waals surface area contributed by atoms with Gasteiger partial charge in [-0.05, 0) is 42.5 Å². The van der Waals surface area contributed by atoms with Crippen molar-refractivity contribution >= 4 is 40.6 Å². The molecule has 0 aliphatic rings. The van der Waals surface area contributed by atoms with E-state index in [4.69, 9.17) is 21.1 Å². The molecule has 0 aliphatic heterocycles. The third-order valence-electron chi connectivity index (χ3n) is 4.64. The van der Waals surface area contributed by atoms with Crippen molar-refractivity contribution in [2.75, 3.05) is 19.5 Å². The van der Waals surface area contributed by atoms with Gasteiger partial charge in [0.2, 0.25) is 0 Å². The first-order valence-electron chi connectivity index (χ1n) is 9.45. The summed E-state index contributed by atoms with van der Waals surface area (Å²) in [4.78, 5) is 18.3. The highest BCUT2D eigenvalue weighted by molar-refractivity contribution is 7.98. The van der Waals surface area contributed by atoms with Crippen molar-refractivity contribution in [2.45, 2.75) is 10.6 Å². The van der Waals surface area contributed by atoms with Crippen LogP contribution in [-0.4, -0.2) is 29.5 Å². The van der Waals surface area contributed by atoms with Gasteiger partial charge < -0.3 is 19.2 Å². The Bertz CT molecular complexity index is 1190. The number of nitrogens with one attached hydrogen (secondary N) is 1. The summed E-state index contributed by atoms with van der Waals surface area (Å²) in [6.07, 6.45) is 4.01. The van der Waals surface area contributed by atoms with Crippen LogP contribution < -0.4 is 14.8 Å². The smallest absolute Gasteiger partial charge is 0.255 e. The minimum Gasteiger partial charge on any atom is -0.495 e. The van der Waals surface area contributed by atoms with Crippen LogP contribution in [0.1, 0.15) is 16.1 Å². The SMILES string of the molecule is COc1cc(OC)c(NC(=O)c2ccc(SCc3cn4ccccc4n3)cc2)cc1Cl. The van der Waals surface area contributed by atoms with E-state index >= 15 is 0 Å². The summed E-state index contributed by atoms with van der Waals surface area (Å²) in [5.74, 6) is 1.43. The molecule has 2 aromatic carbocycles. The van der Waals surface area contributed by atoms with Crippen LogP contribution in [0.2, 0.25) is 5.02 Å². The van der Waals surface area contributed by atoms with Gasteiger partial charge >= 0.3 is 0 Å². The lowest BCUT2D eigenvalue weighted by molar-refractivity contribution is 0.102. The van der Waals surface area contributed by atoms with Gasteiger partial charge in [0.1, 0.15) is 17.1 Å². The number of fused-ring (bicyclic) bond motifs is 1. The Kier molecular flexibility index (Phi) is 6.34. The van der Waals surface area contributed by atoms with Gasteiger partial charge in [-0.15, -0.1) is 11.8 Å². The van der Waals surface area contributed by atoms with E-state index in [0.29, 0.717) is 27.8 Å². The lowest BCUT2D eigenvalue weighted by Crippen LogP contribution is -2.12. The van der Waals surface area contributed by atoms with E-state index in [0.717, 1.165) is 22.0 Å². The summed E-state index contributed by atoms with van der Waals surface area (Å²) in [6.45, 7) is 0. The standard InChI is InChI=1S/C23H20ClN3O3S/c1-29-20-12-21(30-2)19(11-18(20)24)26-23(28)15-6-8-17(9-7-15)31-14-16-13-27-10-4-3-5-22(27)25-16/h3-13H,14H2,1-2H3,(H,26,28). The Labute approximate surface area is 189 Å². The largest absolute Gasteiger partial charge is 0.495 e. The second-order valence-electron chi connectivity index (χ2n) is 6.65. The van der Waals surface area contributed by atoms with Crippen molar-refractivity contribution in [2.24, 2.45) is 0 Å². The molecule has 2 aromatic heterocycles. The van der Waals surface area contributed by atoms with Crippen LogP contribution in [-0.2, 0) is 5.75 Å². The molecule has 0 spiro atoms. The number of benzene rings is 2. The summed E-state index contributed by atoms with van der Waals surface area (Å²) in [5.41, 5.74) is 2.94. The van der Waals surface area contributed by atoms with Crippen molar-refractivity contribution in [3.8, 4) is 11.5 Å². The van der Waals surface area contributed by atoms with Crippen molar-refractivity contribution in [1.82, 2.24) is 9.38 Å². The van der Waals surface area contributed by atoms with Crippen molar-refractivity contribution in [3.05, 3.63) is 83.3 Å². The number of amides is 1. The maximum absolute atomic E-state index is 12.7. The van der Waals surface area contributed by atoms with Crippen molar-refractivity contribution in [3.63, 3.8) is 0 Å². The molecule has 0 fully saturated rings. The molecule has 0 unspecified atom stereocenters. The maximum atomic E-state index is 12.7. The Morgan fingerprint density at radius 3 is 2.58 bits per heavy atom. The molecule has 6 nitrogen and oxygen atoms in total. The maximum Gasteiger partial charge on any atom is 0.255 e. The number of carbonyl (C=O) groups excluding carboxylic acids is 1. The highest BCUT2D eigenvalue weighted by Gasteiger charge is 2.14. The highest BCUT2D eigenvalue weighted by Crippen LogP contribution is 2.36. The number of hydrogen-bond acceptors (Lipinski definition) is 5. The third-order valence-corrected chi connectivity index (χ3v) is 5.98. The topological polar surface area (TPSA) is 64.9 Å². The zero-order valence-corrected chi connectivity index (χ0v) is 18.5. The van der Waals surface area contributed by atoms with Crippen LogP contribution in [0.15, 0.2) is 71.9 Å². The molecule has 0 atom stereocenters. The van der Waals surface area contributed by atoms with Crippen LogP contribution in [0.25, 0.3) is 5.65 Å². The zero-order valence-electron chi connectivity index (χ0n) is 17.0. The Morgan fingerprint density at radius 2 is 1.87 bits per heavy atom. The number of imidazole rings is 1. The van der Waals surface area contributed by atoms with Crippen LogP contribution >= 0.6 is 23.4 Å². The number of ether oxygens (including phenoxy) is 2. The van der Waals surface area contributed by atoms with E-state index in [2.05, 4.69) is 10.3 Å². The predicted molar refractivity (Wildman–Crippen MR) is 124 cm³/mol. The number of nitrogens with zero attached hydrogens (tertiary/aromatic N) is 2. The number of pyridine rings is 1. The summed E-state index contributed by atoms with van der Waals surface area (Å²) < 4.78 is 12.5.